The number of allylic oxidation sites excluding steroid dienone is 3. The average molecular weight is 1100 g/mol. The molecule has 0 amide bonds. The summed E-state index contributed by atoms with van der Waals surface area (Å²) in [6.07, 6.45) is 11.3. The summed E-state index contributed by atoms with van der Waals surface area (Å²) in [6.45, 7) is 0. The zero-order chi connectivity index (χ0) is 57.1. The van der Waals surface area contributed by atoms with Crippen LogP contribution < -0.4 is 0 Å². The molecule has 86 heavy (non-hydrogen) atoms. The van der Waals surface area contributed by atoms with Crippen molar-refractivity contribution in [2.45, 2.75) is 12.8 Å². The summed E-state index contributed by atoms with van der Waals surface area (Å²) in [7, 11) is 0. The van der Waals surface area contributed by atoms with Crippen molar-refractivity contribution >= 4 is 116 Å². The van der Waals surface area contributed by atoms with Gasteiger partial charge < -0.3 is 27.9 Å². The van der Waals surface area contributed by atoms with Gasteiger partial charge in [-0.2, -0.15) is 5.26 Å². The molecule has 5 heterocycles. The summed E-state index contributed by atoms with van der Waals surface area (Å²) in [6, 6.07) is 90.2. The van der Waals surface area contributed by atoms with Crippen LogP contribution in [0.2, 0.25) is 0 Å². The summed E-state index contributed by atoms with van der Waals surface area (Å²) in [5, 5.41) is 29.6. The third-order valence-electron chi connectivity index (χ3n) is 17.8. The van der Waals surface area contributed by atoms with Crippen molar-refractivity contribution in [1.29, 1.82) is 5.26 Å². The minimum Gasteiger partial charge on any atom is -0.477 e. The van der Waals surface area contributed by atoms with E-state index in [2.05, 4.69) is 272 Å². The molecule has 1 N–H and O–H groups in total. The van der Waals surface area contributed by atoms with Crippen LogP contribution in [0.25, 0.3) is 150 Å². The number of hydrogen-bond donors (Lipinski definition) is 1. The molecule has 0 atom stereocenters. The van der Waals surface area contributed by atoms with Crippen LogP contribution >= 0.6 is 0 Å². The Morgan fingerprint density at radius 3 is 1.20 bits per heavy atom. The van der Waals surface area contributed by atoms with Gasteiger partial charge in [0.1, 0.15) is 11.6 Å². The number of carbonyl (C=O) groups is 1. The number of carboxylic acid groups (broad SMARTS) is 1. The molecule has 11 aromatic carbocycles. The van der Waals surface area contributed by atoms with Crippen molar-refractivity contribution in [3.63, 3.8) is 0 Å². The van der Waals surface area contributed by atoms with Gasteiger partial charge >= 0.3 is 5.97 Å². The van der Waals surface area contributed by atoms with E-state index in [9.17, 15) is 15.2 Å². The largest absolute Gasteiger partial charge is 0.477 e. The lowest BCUT2D eigenvalue weighted by Gasteiger charge is -2.14. The van der Waals surface area contributed by atoms with Crippen LogP contribution in [0.4, 0.5) is 0 Å². The number of hydrogen-bond acceptors (Lipinski definition) is 2. The fourth-order valence-electron chi connectivity index (χ4n) is 14.0. The molecule has 8 nitrogen and oxygen atoms in total. The number of benzene rings is 11. The first kappa shape index (κ1) is 49.0. The molecule has 8 heteroatoms. The van der Waals surface area contributed by atoms with E-state index in [1.165, 1.54) is 82.6 Å². The number of fused-ring (bicyclic) bond motifs is 15. The first-order chi connectivity index (χ1) is 42.5. The van der Waals surface area contributed by atoms with Crippen LogP contribution in [0, 0.1) is 11.3 Å². The third-order valence-corrected chi connectivity index (χ3v) is 17.8. The Morgan fingerprint density at radius 1 is 0.395 bits per heavy atom. The van der Waals surface area contributed by atoms with E-state index in [0.717, 1.165) is 90.8 Å². The molecule has 1 aliphatic carbocycles. The van der Waals surface area contributed by atoms with E-state index in [0.29, 0.717) is 0 Å². The van der Waals surface area contributed by atoms with Gasteiger partial charge in [-0.05, 0) is 157 Å². The predicted molar refractivity (Wildman–Crippen MR) is 354 cm³/mol. The Bertz CT molecular complexity index is 5410. The molecule has 0 aliphatic heterocycles. The minimum atomic E-state index is -1.25. The molecule has 0 unspecified atom stereocenters. The fourth-order valence-corrected chi connectivity index (χ4v) is 14.0. The number of carboxylic acids is 1. The number of aromatic nitrogens is 5. The van der Waals surface area contributed by atoms with Crippen LogP contribution in [-0.4, -0.2) is 33.9 Å². The van der Waals surface area contributed by atoms with E-state index in [-0.39, 0.29) is 5.57 Å². The Balaban J connectivity index is 0.775. The van der Waals surface area contributed by atoms with Gasteiger partial charge in [0.05, 0.1) is 49.7 Å². The molecule has 1 aliphatic rings. The van der Waals surface area contributed by atoms with E-state index in [1.54, 1.807) is 12.1 Å². The second-order valence-corrected chi connectivity index (χ2v) is 22.4. The SMILES string of the molecule is N#C/C(=C\C=C\c1ccc2c(c1)c1cc(-n3c4c(c5ccccc53)C=CCC4)ccc1n2-c1ccc(-c2ccc(-n3c4ccc(-n5c6ccccc6c6ccccc65)cc4c4cc(-n5c6ccccc6c6ccccc65)ccc43)cc2)cc1)C(=O)O. The lowest BCUT2D eigenvalue weighted by molar-refractivity contribution is -0.132. The Labute approximate surface area is 493 Å². The van der Waals surface area contributed by atoms with Gasteiger partial charge in [0.25, 0.3) is 0 Å². The van der Waals surface area contributed by atoms with Crippen molar-refractivity contribution in [3.05, 3.63) is 283 Å². The third kappa shape index (κ3) is 7.45. The van der Waals surface area contributed by atoms with E-state index in [1.807, 2.05) is 12.1 Å². The van der Waals surface area contributed by atoms with Crippen molar-refractivity contribution < 1.29 is 9.90 Å². The number of nitrogens with zero attached hydrogens (tertiary/aromatic N) is 6. The molecular weight excluding hydrogens is 1050 g/mol. The molecular formula is C78H50N6O2. The molecule has 17 rings (SSSR count). The number of rotatable bonds is 9. The highest BCUT2D eigenvalue weighted by Crippen LogP contribution is 2.42. The standard InChI is InChI=1S/C78H50N6O2/c79-48-52(78(85)86)15-13-14-49-28-40-74-64(44-49)65-45-55(82-68-22-7-1-16-58(68)59-17-2-8-23-69(59)82)37-41-75(65)80(74)53-33-29-50(30-34-53)51-31-35-54(36-32-51)81-76-42-38-56(83-70-24-9-3-18-60(70)61-19-4-10-25-71(61)83)46-66(76)67-47-57(39-43-77(67)81)84-72-26-11-5-20-62(72)63-21-6-12-27-73(63)84/h1-7,9-22,24-47H,8,23H2,(H,85,86)/b14-13+,52-15+. The molecule has 0 saturated heterocycles. The highest BCUT2D eigenvalue weighted by Gasteiger charge is 2.23. The summed E-state index contributed by atoms with van der Waals surface area (Å²) in [5.41, 5.74) is 21.1. The van der Waals surface area contributed by atoms with Gasteiger partial charge in [-0.15, -0.1) is 0 Å². The van der Waals surface area contributed by atoms with Gasteiger partial charge in [0.2, 0.25) is 0 Å². The van der Waals surface area contributed by atoms with E-state index < -0.39 is 5.97 Å². The minimum absolute atomic E-state index is 0.320. The molecule has 0 radical (unpaired) electrons. The Kier molecular flexibility index (Phi) is 10.9. The monoisotopic (exact) mass is 1100 g/mol. The van der Waals surface area contributed by atoms with Gasteiger partial charge in [-0.25, -0.2) is 4.79 Å². The van der Waals surface area contributed by atoms with Gasteiger partial charge in [0, 0.05) is 88.2 Å². The van der Waals surface area contributed by atoms with Crippen LogP contribution in [0.15, 0.2) is 266 Å². The quantitative estimate of drug-likeness (QED) is 0.0888. The molecule has 0 saturated carbocycles. The summed E-state index contributed by atoms with van der Waals surface area (Å²) < 4.78 is 12.0. The lowest BCUT2D eigenvalue weighted by atomic mass is 10.0. The maximum atomic E-state index is 11.6. The Morgan fingerprint density at radius 2 is 0.756 bits per heavy atom. The molecule has 0 spiro atoms. The molecule has 5 aromatic heterocycles. The van der Waals surface area contributed by atoms with Crippen LogP contribution in [0.1, 0.15) is 23.2 Å². The topological polar surface area (TPSA) is 85.7 Å². The highest BCUT2D eigenvalue weighted by atomic mass is 16.4. The van der Waals surface area contributed by atoms with E-state index in [4.69, 9.17) is 0 Å². The predicted octanol–water partition coefficient (Wildman–Crippen LogP) is 19.2. The second kappa shape index (κ2) is 19.2. The van der Waals surface area contributed by atoms with Gasteiger partial charge in [0.15, 0.2) is 0 Å². The van der Waals surface area contributed by atoms with Crippen molar-refractivity contribution in [1.82, 2.24) is 22.8 Å². The number of para-hydroxylation sites is 5. The molecule has 404 valence electrons. The smallest absolute Gasteiger partial charge is 0.346 e. The Hall–Kier alpha value is -11.7. The maximum absolute atomic E-state index is 11.6. The summed E-state index contributed by atoms with van der Waals surface area (Å²) in [4.78, 5) is 11.6. The normalized spacial score (nSPS) is 12.8. The summed E-state index contributed by atoms with van der Waals surface area (Å²) >= 11 is 0. The van der Waals surface area contributed by atoms with E-state index >= 15 is 0 Å². The fraction of sp³-hybridized carbons (Fsp3) is 0.0256. The first-order valence-electron chi connectivity index (χ1n) is 29.1. The zero-order valence-corrected chi connectivity index (χ0v) is 46.4. The van der Waals surface area contributed by atoms with Crippen molar-refractivity contribution in [2.75, 3.05) is 0 Å². The van der Waals surface area contributed by atoms with Crippen LogP contribution in [0.3, 0.4) is 0 Å². The first-order valence-corrected chi connectivity index (χ1v) is 29.1. The molecule has 16 aromatic rings. The van der Waals surface area contributed by atoms with Gasteiger partial charge in [-0.3, -0.25) is 0 Å². The van der Waals surface area contributed by atoms with Crippen molar-refractivity contribution in [3.8, 4) is 45.6 Å². The second-order valence-electron chi connectivity index (χ2n) is 22.4. The average Bonchev–Trinajstić information content (AvgIpc) is 1.79. The van der Waals surface area contributed by atoms with Crippen molar-refractivity contribution in [2.24, 2.45) is 0 Å². The van der Waals surface area contributed by atoms with Gasteiger partial charge in [-0.1, -0.05) is 146 Å². The number of nitriles is 1. The zero-order valence-electron chi connectivity index (χ0n) is 46.4. The maximum Gasteiger partial charge on any atom is 0.346 e. The summed E-state index contributed by atoms with van der Waals surface area (Å²) in [5.74, 6) is -1.25. The molecule has 0 fully saturated rings. The highest BCUT2D eigenvalue weighted by molar-refractivity contribution is 6.15. The van der Waals surface area contributed by atoms with Crippen LogP contribution in [-0.2, 0) is 11.2 Å². The lowest BCUT2D eigenvalue weighted by Crippen LogP contribution is -2.03. The van der Waals surface area contributed by atoms with Crippen LogP contribution in [0.5, 0.6) is 0 Å². The number of aliphatic carboxylic acids is 1. The molecule has 0 bridgehead atoms.